The largest absolute Gasteiger partial charge is 0.466 e. The molecular formula is C17H31NO3. The van der Waals surface area contributed by atoms with Crippen LogP contribution in [-0.4, -0.2) is 37.9 Å². The molecule has 0 radical (unpaired) electrons. The Kier molecular flexibility index (Phi) is 7.51. The molecule has 2 rings (SSSR count). The van der Waals surface area contributed by atoms with E-state index < -0.39 is 0 Å². The third-order valence-corrected chi connectivity index (χ3v) is 4.73. The molecule has 122 valence electrons. The third-order valence-electron chi connectivity index (χ3n) is 4.73. The Bertz CT molecular complexity index is 302. The van der Waals surface area contributed by atoms with E-state index in [1.54, 1.807) is 0 Å². The van der Waals surface area contributed by atoms with Crippen LogP contribution in [0.3, 0.4) is 0 Å². The molecule has 2 fully saturated rings. The summed E-state index contributed by atoms with van der Waals surface area (Å²) in [6.07, 6.45) is 11.1. The van der Waals surface area contributed by atoms with Gasteiger partial charge < -0.3 is 14.8 Å². The first-order valence-electron chi connectivity index (χ1n) is 8.81. The fourth-order valence-electron chi connectivity index (χ4n) is 3.57. The molecule has 0 amide bonds. The molecule has 2 aliphatic carbocycles. The van der Waals surface area contributed by atoms with E-state index in [-0.39, 0.29) is 11.9 Å². The molecule has 4 heteroatoms. The topological polar surface area (TPSA) is 47.6 Å². The molecule has 0 saturated heterocycles. The first kappa shape index (κ1) is 16.8. The van der Waals surface area contributed by atoms with Crippen LogP contribution in [-0.2, 0) is 14.3 Å². The van der Waals surface area contributed by atoms with Gasteiger partial charge in [-0.3, -0.25) is 4.79 Å². The van der Waals surface area contributed by atoms with E-state index in [2.05, 4.69) is 5.32 Å². The van der Waals surface area contributed by atoms with Crippen LogP contribution in [0.2, 0.25) is 0 Å². The van der Waals surface area contributed by atoms with Gasteiger partial charge in [-0.2, -0.15) is 0 Å². The Balaban J connectivity index is 1.58. The van der Waals surface area contributed by atoms with Crippen molar-refractivity contribution in [1.29, 1.82) is 0 Å². The molecule has 2 atom stereocenters. The van der Waals surface area contributed by atoms with E-state index >= 15 is 0 Å². The van der Waals surface area contributed by atoms with Crippen molar-refractivity contribution in [2.75, 3.05) is 19.8 Å². The fourth-order valence-corrected chi connectivity index (χ4v) is 3.57. The van der Waals surface area contributed by atoms with Crippen molar-refractivity contribution >= 4 is 5.97 Å². The number of carbonyl (C=O) groups is 1. The zero-order valence-electron chi connectivity index (χ0n) is 13.4. The van der Waals surface area contributed by atoms with Crippen LogP contribution in [0.15, 0.2) is 0 Å². The monoisotopic (exact) mass is 297 g/mol. The van der Waals surface area contributed by atoms with Gasteiger partial charge in [-0.1, -0.05) is 25.7 Å². The summed E-state index contributed by atoms with van der Waals surface area (Å²) in [6, 6.07) is 0.447. The molecule has 0 bridgehead atoms. The van der Waals surface area contributed by atoms with Crippen LogP contribution >= 0.6 is 0 Å². The highest BCUT2D eigenvalue weighted by atomic mass is 16.5. The number of hydrogen-bond acceptors (Lipinski definition) is 4. The second kappa shape index (κ2) is 9.42. The molecule has 2 unspecified atom stereocenters. The Morgan fingerprint density at radius 1 is 1.10 bits per heavy atom. The summed E-state index contributed by atoms with van der Waals surface area (Å²) in [5.41, 5.74) is 0. The minimum absolute atomic E-state index is 0.0116. The molecule has 1 N–H and O–H groups in total. The van der Waals surface area contributed by atoms with Crippen molar-refractivity contribution in [2.45, 2.75) is 76.9 Å². The van der Waals surface area contributed by atoms with E-state index in [0.717, 1.165) is 32.4 Å². The van der Waals surface area contributed by atoms with Gasteiger partial charge in [0.05, 0.1) is 25.2 Å². The molecular weight excluding hydrogens is 266 g/mol. The van der Waals surface area contributed by atoms with Crippen LogP contribution < -0.4 is 5.32 Å². The lowest BCUT2D eigenvalue weighted by atomic mass is 9.86. The third kappa shape index (κ3) is 5.95. The van der Waals surface area contributed by atoms with Gasteiger partial charge in [-0.15, -0.1) is 0 Å². The van der Waals surface area contributed by atoms with Gasteiger partial charge in [0.1, 0.15) is 0 Å². The van der Waals surface area contributed by atoms with E-state index in [0.29, 0.717) is 18.8 Å². The first-order chi connectivity index (χ1) is 10.3. The zero-order valence-corrected chi connectivity index (χ0v) is 13.4. The van der Waals surface area contributed by atoms with E-state index in [1.807, 2.05) is 6.92 Å². The lowest BCUT2D eigenvalue weighted by molar-refractivity contribution is -0.149. The summed E-state index contributed by atoms with van der Waals surface area (Å²) in [7, 11) is 0. The van der Waals surface area contributed by atoms with Crippen molar-refractivity contribution in [1.82, 2.24) is 5.32 Å². The lowest BCUT2D eigenvalue weighted by Crippen LogP contribution is -2.38. The minimum Gasteiger partial charge on any atom is -0.466 e. The van der Waals surface area contributed by atoms with E-state index in [4.69, 9.17) is 9.47 Å². The minimum atomic E-state index is -0.0116. The predicted molar refractivity (Wildman–Crippen MR) is 83.2 cm³/mol. The second-order valence-electron chi connectivity index (χ2n) is 6.40. The average molecular weight is 297 g/mol. The maximum absolute atomic E-state index is 11.8. The number of carbonyl (C=O) groups excluding carboxylic acids is 1. The Hall–Kier alpha value is -0.610. The SMILES string of the molecule is CCOC(=O)C1CCCC(NCCOC2CCCCC2)C1. The zero-order chi connectivity index (χ0) is 14.9. The van der Waals surface area contributed by atoms with Crippen molar-refractivity contribution in [2.24, 2.45) is 5.92 Å². The second-order valence-corrected chi connectivity index (χ2v) is 6.40. The number of nitrogens with one attached hydrogen (secondary N) is 1. The van der Waals surface area contributed by atoms with Gasteiger partial charge in [0, 0.05) is 12.6 Å². The van der Waals surface area contributed by atoms with E-state index in [1.165, 1.54) is 38.5 Å². The van der Waals surface area contributed by atoms with Gasteiger partial charge in [-0.05, 0) is 39.0 Å². The lowest BCUT2D eigenvalue weighted by Gasteiger charge is -2.29. The highest BCUT2D eigenvalue weighted by Crippen LogP contribution is 2.25. The highest BCUT2D eigenvalue weighted by Gasteiger charge is 2.27. The number of hydrogen-bond donors (Lipinski definition) is 1. The quantitative estimate of drug-likeness (QED) is 0.579. The maximum atomic E-state index is 11.8. The smallest absolute Gasteiger partial charge is 0.308 e. The Morgan fingerprint density at radius 2 is 1.90 bits per heavy atom. The molecule has 21 heavy (non-hydrogen) atoms. The number of ether oxygens (including phenoxy) is 2. The average Bonchev–Trinajstić information content (AvgIpc) is 2.53. The molecule has 0 aliphatic heterocycles. The first-order valence-corrected chi connectivity index (χ1v) is 8.81. The number of rotatable bonds is 7. The summed E-state index contributed by atoms with van der Waals surface area (Å²) in [5, 5.41) is 3.56. The van der Waals surface area contributed by atoms with Crippen LogP contribution in [0.1, 0.15) is 64.7 Å². The summed E-state index contributed by atoms with van der Waals surface area (Å²) in [4.78, 5) is 11.8. The molecule has 0 spiro atoms. The van der Waals surface area contributed by atoms with Crippen LogP contribution in [0.5, 0.6) is 0 Å². The fraction of sp³-hybridized carbons (Fsp3) is 0.941. The predicted octanol–water partition coefficient (Wildman–Crippen LogP) is 3.05. The van der Waals surface area contributed by atoms with Crippen molar-refractivity contribution in [3.8, 4) is 0 Å². The highest BCUT2D eigenvalue weighted by molar-refractivity contribution is 5.72. The summed E-state index contributed by atoms with van der Waals surface area (Å²) >= 11 is 0. The molecule has 2 saturated carbocycles. The normalized spacial score (nSPS) is 27.5. The van der Waals surface area contributed by atoms with Crippen molar-refractivity contribution in [3.05, 3.63) is 0 Å². The molecule has 0 aromatic rings. The van der Waals surface area contributed by atoms with Gasteiger partial charge in [0.2, 0.25) is 0 Å². The number of esters is 1. The Morgan fingerprint density at radius 3 is 2.67 bits per heavy atom. The van der Waals surface area contributed by atoms with Crippen LogP contribution in [0.25, 0.3) is 0 Å². The molecule has 2 aliphatic rings. The maximum Gasteiger partial charge on any atom is 0.308 e. The van der Waals surface area contributed by atoms with Gasteiger partial charge in [0.25, 0.3) is 0 Å². The van der Waals surface area contributed by atoms with Crippen LogP contribution in [0.4, 0.5) is 0 Å². The van der Waals surface area contributed by atoms with E-state index in [9.17, 15) is 4.79 Å². The van der Waals surface area contributed by atoms with Gasteiger partial charge in [0.15, 0.2) is 0 Å². The van der Waals surface area contributed by atoms with Gasteiger partial charge >= 0.3 is 5.97 Å². The van der Waals surface area contributed by atoms with Crippen molar-refractivity contribution in [3.63, 3.8) is 0 Å². The van der Waals surface area contributed by atoms with Gasteiger partial charge in [-0.25, -0.2) is 0 Å². The summed E-state index contributed by atoms with van der Waals surface area (Å²) in [6.45, 7) is 4.06. The van der Waals surface area contributed by atoms with Crippen LogP contribution in [0, 0.1) is 5.92 Å². The summed E-state index contributed by atoms with van der Waals surface area (Å²) < 4.78 is 11.1. The molecule has 4 nitrogen and oxygen atoms in total. The Labute approximate surface area is 129 Å². The van der Waals surface area contributed by atoms with Crippen molar-refractivity contribution < 1.29 is 14.3 Å². The summed E-state index contributed by atoms with van der Waals surface area (Å²) in [5.74, 6) is 0.0814. The molecule has 0 aromatic heterocycles. The molecule has 0 heterocycles. The molecule has 0 aromatic carbocycles. The standard InChI is InChI=1S/C17H31NO3/c1-2-20-17(19)14-7-6-8-15(13-14)18-11-12-21-16-9-4-3-5-10-16/h14-16,18H,2-13H2,1H3.